The molecule has 0 spiro atoms. The van der Waals surface area contributed by atoms with Gasteiger partial charge in [-0.15, -0.1) is 0 Å². The highest BCUT2D eigenvalue weighted by Gasteiger charge is 2.30. The fraction of sp³-hybridized carbons (Fsp3) is 0.417. The number of hydrogen-bond donors (Lipinski definition) is 2. The number of rotatable bonds is 2. The maximum absolute atomic E-state index is 11.9. The summed E-state index contributed by atoms with van der Waals surface area (Å²) in [5.74, 6) is -1.29. The zero-order valence-electron chi connectivity index (χ0n) is 10.1. The Bertz CT molecular complexity index is 475. The molecule has 0 aromatic carbocycles. The van der Waals surface area contributed by atoms with Gasteiger partial charge in [0.05, 0.1) is 5.92 Å². The fourth-order valence-electron chi connectivity index (χ4n) is 1.97. The zero-order valence-corrected chi connectivity index (χ0v) is 10.1. The van der Waals surface area contributed by atoms with Crippen molar-refractivity contribution < 1.29 is 14.7 Å². The van der Waals surface area contributed by atoms with Crippen LogP contribution in [0.5, 0.6) is 0 Å². The molecule has 96 valence electrons. The van der Waals surface area contributed by atoms with Crippen molar-refractivity contribution in [3.8, 4) is 0 Å². The lowest BCUT2D eigenvalue weighted by Gasteiger charge is -2.16. The molecule has 1 saturated heterocycles. The Hall–Kier alpha value is -2.11. The van der Waals surface area contributed by atoms with E-state index < -0.39 is 11.9 Å². The number of carbonyl (C=O) groups excluding carboxylic acids is 1. The number of urea groups is 1. The minimum absolute atomic E-state index is 0.260. The molecule has 1 aromatic heterocycles. The maximum Gasteiger partial charge on any atom is 0.321 e. The molecule has 2 amide bonds. The van der Waals surface area contributed by atoms with E-state index in [1.807, 2.05) is 6.92 Å². The van der Waals surface area contributed by atoms with Crippen LogP contribution in [0.1, 0.15) is 12.1 Å². The molecule has 1 fully saturated rings. The standard InChI is InChI=1S/C12H15N3O3/c1-8-6-10(2-4-13-8)14-12(18)15-5-3-9(7-15)11(16)17/h2,4,6,9H,3,5,7H2,1H3,(H,16,17)(H,13,14,18). The summed E-state index contributed by atoms with van der Waals surface area (Å²) in [5, 5.41) is 11.6. The second kappa shape index (κ2) is 5.03. The summed E-state index contributed by atoms with van der Waals surface area (Å²) < 4.78 is 0. The Kier molecular flexibility index (Phi) is 3.45. The number of likely N-dealkylation sites (tertiary alicyclic amines) is 1. The van der Waals surface area contributed by atoms with Crippen LogP contribution in [0.25, 0.3) is 0 Å². The molecule has 1 aromatic rings. The van der Waals surface area contributed by atoms with Crippen molar-refractivity contribution in [1.82, 2.24) is 9.88 Å². The summed E-state index contributed by atoms with van der Waals surface area (Å²) in [5.41, 5.74) is 1.49. The molecule has 6 heteroatoms. The lowest BCUT2D eigenvalue weighted by atomic mass is 10.1. The van der Waals surface area contributed by atoms with Crippen LogP contribution in [0.2, 0.25) is 0 Å². The number of pyridine rings is 1. The van der Waals surface area contributed by atoms with E-state index in [0.717, 1.165) is 5.69 Å². The number of aryl methyl sites for hydroxylation is 1. The van der Waals surface area contributed by atoms with Gasteiger partial charge in [-0.2, -0.15) is 0 Å². The number of hydrogen-bond acceptors (Lipinski definition) is 3. The summed E-state index contributed by atoms with van der Waals surface area (Å²) in [6.45, 7) is 2.59. The van der Waals surface area contributed by atoms with Crippen LogP contribution >= 0.6 is 0 Å². The fourth-order valence-corrected chi connectivity index (χ4v) is 1.97. The van der Waals surface area contributed by atoms with Gasteiger partial charge in [-0.3, -0.25) is 9.78 Å². The molecule has 0 bridgehead atoms. The molecule has 6 nitrogen and oxygen atoms in total. The molecule has 2 N–H and O–H groups in total. The van der Waals surface area contributed by atoms with Crippen molar-refractivity contribution in [3.63, 3.8) is 0 Å². The molecule has 1 aliphatic heterocycles. The van der Waals surface area contributed by atoms with Gasteiger partial charge in [0.2, 0.25) is 0 Å². The molecule has 1 atom stereocenters. The van der Waals surface area contributed by atoms with E-state index in [9.17, 15) is 9.59 Å². The minimum Gasteiger partial charge on any atom is -0.481 e. The van der Waals surface area contributed by atoms with Crippen molar-refractivity contribution in [1.29, 1.82) is 0 Å². The summed E-state index contributed by atoms with van der Waals surface area (Å²) in [6.07, 6.45) is 2.13. The second-order valence-electron chi connectivity index (χ2n) is 4.39. The Morgan fingerprint density at radius 1 is 1.56 bits per heavy atom. The first-order chi connectivity index (χ1) is 8.56. The average Bonchev–Trinajstić information content (AvgIpc) is 2.78. The number of anilines is 1. The molecule has 18 heavy (non-hydrogen) atoms. The Morgan fingerprint density at radius 3 is 2.94 bits per heavy atom. The van der Waals surface area contributed by atoms with Gasteiger partial charge >= 0.3 is 12.0 Å². The second-order valence-corrected chi connectivity index (χ2v) is 4.39. The third-order valence-electron chi connectivity index (χ3n) is 2.97. The molecular formula is C12H15N3O3. The number of nitrogens with zero attached hydrogens (tertiary/aromatic N) is 2. The average molecular weight is 249 g/mol. The van der Waals surface area contributed by atoms with Gasteiger partial charge in [-0.1, -0.05) is 0 Å². The van der Waals surface area contributed by atoms with Gasteiger partial charge in [-0.05, 0) is 25.5 Å². The first-order valence-corrected chi connectivity index (χ1v) is 5.77. The molecule has 1 aliphatic rings. The highest BCUT2D eigenvalue weighted by atomic mass is 16.4. The van der Waals surface area contributed by atoms with Crippen molar-refractivity contribution in [3.05, 3.63) is 24.0 Å². The summed E-state index contributed by atoms with van der Waals surface area (Å²) in [7, 11) is 0. The van der Waals surface area contributed by atoms with Crippen LogP contribution in [-0.2, 0) is 4.79 Å². The smallest absolute Gasteiger partial charge is 0.321 e. The number of carboxylic acid groups (broad SMARTS) is 1. The first-order valence-electron chi connectivity index (χ1n) is 5.77. The molecule has 0 saturated carbocycles. The van der Waals surface area contributed by atoms with Gasteiger partial charge in [0, 0.05) is 30.7 Å². The zero-order chi connectivity index (χ0) is 13.1. The van der Waals surface area contributed by atoms with Gasteiger partial charge in [0.1, 0.15) is 0 Å². The van der Waals surface area contributed by atoms with E-state index in [-0.39, 0.29) is 12.6 Å². The minimum atomic E-state index is -0.843. The van der Waals surface area contributed by atoms with Gasteiger partial charge < -0.3 is 15.3 Å². The Labute approximate surface area is 105 Å². The van der Waals surface area contributed by atoms with Crippen molar-refractivity contribution in [2.75, 3.05) is 18.4 Å². The Morgan fingerprint density at radius 2 is 2.33 bits per heavy atom. The van der Waals surface area contributed by atoms with Crippen molar-refractivity contribution in [2.45, 2.75) is 13.3 Å². The molecule has 0 radical (unpaired) electrons. The van der Waals surface area contributed by atoms with Gasteiger partial charge in [-0.25, -0.2) is 4.79 Å². The third kappa shape index (κ3) is 2.77. The molecule has 1 unspecified atom stereocenters. The quantitative estimate of drug-likeness (QED) is 0.828. The van der Waals surface area contributed by atoms with E-state index in [4.69, 9.17) is 5.11 Å². The number of carbonyl (C=O) groups is 2. The van der Waals surface area contributed by atoms with Crippen LogP contribution in [0.4, 0.5) is 10.5 Å². The maximum atomic E-state index is 11.9. The van der Waals surface area contributed by atoms with Crippen molar-refractivity contribution in [2.24, 2.45) is 5.92 Å². The molecular weight excluding hydrogens is 234 g/mol. The normalized spacial score (nSPS) is 18.7. The number of aromatic nitrogens is 1. The predicted octanol–water partition coefficient (Wildman–Crippen LogP) is 1.33. The number of carboxylic acids is 1. The summed E-state index contributed by atoms with van der Waals surface area (Å²) in [4.78, 5) is 28.3. The highest BCUT2D eigenvalue weighted by Crippen LogP contribution is 2.17. The van der Waals surface area contributed by atoms with Crippen LogP contribution < -0.4 is 5.32 Å². The van der Waals surface area contributed by atoms with E-state index in [0.29, 0.717) is 18.7 Å². The summed E-state index contributed by atoms with van der Waals surface area (Å²) in [6, 6.07) is 3.21. The van der Waals surface area contributed by atoms with E-state index in [1.165, 1.54) is 4.90 Å². The lowest BCUT2D eigenvalue weighted by molar-refractivity contribution is -0.141. The third-order valence-corrected chi connectivity index (χ3v) is 2.97. The highest BCUT2D eigenvalue weighted by molar-refractivity contribution is 5.90. The molecule has 0 aliphatic carbocycles. The molecule has 2 heterocycles. The largest absolute Gasteiger partial charge is 0.481 e. The van der Waals surface area contributed by atoms with Gasteiger partial charge in [0.15, 0.2) is 0 Å². The SMILES string of the molecule is Cc1cc(NC(=O)N2CCC(C(=O)O)C2)ccn1. The van der Waals surface area contributed by atoms with E-state index in [2.05, 4.69) is 10.3 Å². The number of aliphatic carboxylic acids is 1. The first kappa shape index (κ1) is 12.3. The summed E-state index contributed by atoms with van der Waals surface area (Å²) >= 11 is 0. The van der Waals surface area contributed by atoms with Crippen LogP contribution in [0.15, 0.2) is 18.3 Å². The topological polar surface area (TPSA) is 82.5 Å². The number of nitrogens with one attached hydrogen (secondary N) is 1. The van der Waals surface area contributed by atoms with Crippen LogP contribution in [-0.4, -0.2) is 40.1 Å². The molecule has 2 rings (SSSR count). The van der Waals surface area contributed by atoms with Crippen LogP contribution in [0.3, 0.4) is 0 Å². The predicted molar refractivity (Wildman–Crippen MR) is 65.3 cm³/mol. The van der Waals surface area contributed by atoms with Gasteiger partial charge in [0.25, 0.3) is 0 Å². The lowest BCUT2D eigenvalue weighted by Crippen LogP contribution is -2.33. The monoisotopic (exact) mass is 249 g/mol. The number of amides is 2. The van der Waals surface area contributed by atoms with Crippen molar-refractivity contribution >= 4 is 17.7 Å². The Balaban J connectivity index is 1.95. The van der Waals surface area contributed by atoms with Crippen LogP contribution in [0, 0.1) is 12.8 Å². The van der Waals surface area contributed by atoms with E-state index >= 15 is 0 Å². The van der Waals surface area contributed by atoms with E-state index in [1.54, 1.807) is 18.3 Å².